The Morgan fingerprint density at radius 2 is 2.13 bits per heavy atom. The van der Waals surface area contributed by atoms with Gasteiger partial charge in [-0.1, -0.05) is 6.10 Å². The predicted molar refractivity (Wildman–Crippen MR) is 51.1 cm³/mol. The number of carbonyl (C=O) groups excluding carboxylic acids is 1. The Kier molecular flexibility index (Phi) is 3.54. The van der Waals surface area contributed by atoms with Crippen molar-refractivity contribution in [3.8, 4) is 0 Å². The van der Waals surface area contributed by atoms with E-state index in [2.05, 4.69) is 0 Å². The van der Waals surface area contributed by atoms with E-state index in [1.54, 1.807) is 20.8 Å². The Morgan fingerprint density at radius 3 is 2.60 bits per heavy atom. The summed E-state index contributed by atoms with van der Waals surface area (Å²) in [5, 5.41) is 11.0. The molecule has 0 N–H and O–H groups in total. The zero-order chi connectivity index (χ0) is 11.6. The summed E-state index contributed by atoms with van der Waals surface area (Å²) < 4.78 is 18.1. The van der Waals surface area contributed by atoms with Crippen LogP contribution in [0, 0.1) is 0 Å². The Labute approximate surface area is 89.0 Å². The maximum absolute atomic E-state index is 13.1. The van der Waals surface area contributed by atoms with Crippen LogP contribution in [0.25, 0.3) is 0 Å². The lowest BCUT2D eigenvalue weighted by molar-refractivity contribution is -0.437. The van der Waals surface area contributed by atoms with Gasteiger partial charge in [0.2, 0.25) is 0 Å². The second-order valence-electron chi connectivity index (χ2n) is 4.77. The Morgan fingerprint density at radius 1 is 1.53 bits per heavy atom. The second kappa shape index (κ2) is 4.35. The smallest absolute Gasteiger partial charge is 0.410 e. The van der Waals surface area contributed by atoms with Crippen LogP contribution in [0.15, 0.2) is 0 Å². The lowest BCUT2D eigenvalue weighted by Gasteiger charge is -2.38. The number of hydrogen-bond acceptors (Lipinski definition) is 3. The minimum atomic E-state index is -1.48. The quantitative estimate of drug-likeness (QED) is 0.601. The van der Waals surface area contributed by atoms with Crippen molar-refractivity contribution in [2.75, 3.05) is 13.1 Å². The van der Waals surface area contributed by atoms with Gasteiger partial charge in [-0.25, -0.2) is 9.18 Å². The first-order valence-electron chi connectivity index (χ1n) is 5.07. The number of likely N-dealkylation sites (tertiary alicyclic amines) is 1. The van der Waals surface area contributed by atoms with Gasteiger partial charge in [0.1, 0.15) is 11.8 Å². The van der Waals surface area contributed by atoms with Gasteiger partial charge in [0.25, 0.3) is 0 Å². The molecule has 1 aliphatic heterocycles. The molecular formula is C10H17FNO3-. The van der Waals surface area contributed by atoms with E-state index in [9.17, 15) is 14.3 Å². The summed E-state index contributed by atoms with van der Waals surface area (Å²) in [6, 6.07) is 0. The molecule has 1 fully saturated rings. The fourth-order valence-electron chi connectivity index (χ4n) is 1.38. The first-order chi connectivity index (χ1) is 6.79. The average molecular weight is 218 g/mol. The highest BCUT2D eigenvalue weighted by molar-refractivity contribution is 5.68. The van der Waals surface area contributed by atoms with Crippen LogP contribution in [0.4, 0.5) is 9.18 Å². The summed E-state index contributed by atoms with van der Waals surface area (Å²) in [7, 11) is 0. The highest BCUT2D eigenvalue weighted by Crippen LogP contribution is 2.16. The number of nitrogens with zero attached hydrogens (tertiary/aromatic N) is 1. The van der Waals surface area contributed by atoms with Crippen LogP contribution in [-0.2, 0) is 4.74 Å². The normalized spacial score (nSPS) is 27.7. The Bertz CT molecular complexity index is 239. The highest BCUT2D eigenvalue weighted by Gasteiger charge is 2.28. The molecule has 2 unspecified atom stereocenters. The largest absolute Gasteiger partial charge is 0.850 e. The van der Waals surface area contributed by atoms with Crippen LogP contribution < -0.4 is 5.11 Å². The molecule has 0 bridgehead atoms. The third-order valence-electron chi connectivity index (χ3n) is 2.13. The average Bonchev–Trinajstić information content (AvgIpc) is 2.06. The molecule has 0 aromatic rings. The third kappa shape index (κ3) is 3.66. The van der Waals surface area contributed by atoms with Crippen molar-refractivity contribution in [3.05, 3.63) is 0 Å². The topological polar surface area (TPSA) is 52.6 Å². The third-order valence-corrected chi connectivity index (χ3v) is 2.13. The Balaban J connectivity index is 2.48. The van der Waals surface area contributed by atoms with Crippen molar-refractivity contribution in [3.63, 3.8) is 0 Å². The van der Waals surface area contributed by atoms with Crippen molar-refractivity contribution in [1.82, 2.24) is 4.90 Å². The molecule has 0 aromatic carbocycles. The Hall–Kier alpha value is -0.840. The summed E-state index contributed by atoms with van der Waals surface area (Å²) in [5.41, 5.74) is -0.586. The molecule has 0 spiro atoms. The summed E-state index contributed by atoms with van der Waals surface area (Å²) >= 11 is 0. The number of ether oxygens (including phenoxy) is 1. The number of piperidine rings is 1. The predicted octanol–water partition coefficient (Wildman–Crippen LogP) is 0.694. The number of carbonyl (C=O) groups is 1. The monoisotopic (exact) mass is 218 g/mol. The van der Waals surface area contributed by atoms with E-state index in [0.29, 0.717) is 0 Å². The van der Waals surface area contributed by atoms with Gasteiger partial charge in [-0.15, -0.1) is 0 Å². The lowest BCUT2D eigenvalue weighted by Crippen LogP contribution is -2.52. The van der Waals surface area contributed by atoms with E-state index in [1.807, 2.05) is 0 Å². The van der Waals surface area contributed by atoms with Crippen LogP contribution >= 0.6 is 0 Å². The molecule has 0 saturated carbocycles. The molecule has 15 heavy (non-hydrogen) atoms. The zero-order valence-electron chi connectivity index (χ0n) is 9.33. The van der Waals surface area contributed by atoms with Gasteiger partial charge in [-0.3, -0.25) is 0 Å². The summed E-state index contributed by atoms with van der Waals surface area (Å²) in [6.45, 7) is 5.38. The van der Waals surface area contributed by atoms with Gasteiger partial charge >= 0.3 is 6.09 Å². The summed E-state index contributed by atoms with van der Waals surface area (Å²) in [4.78, 5) is 12.8. The van der Waals surface area contributed by atoms with E-state index >= 15 is 0 Å². The van der Waals surface area contributed by atoms with Gasteiger partial charge in [0.15, 0.2) is 0 Å². The molecule has 88 valence electrons. The SMILES string of the molecule is CC(C)(C)OC(=O)N1CCC([O-])C(F)C1. The number of amides is 1. The van der Waals surface area contributed by atoms with Crippen molar-refractivity contribution < 1.29 is 19.0 Å². The summed E-state index contributed by atoms with van der Waals surface area (Å²) in [5.74, 6) is 0. The van der Waals surface area contributed by atoms with Crippen LogP contribution in [0.2, 0.25) is 0 Å². The van der Waals surface area contributed by atoms with Crippen LogP contribution in [-0.4, -0.2) is 42.0 Å². The van der Waals surface area contributed by atoms with Crippen LogP contribution in [0.3, 0.4) is 0 Å². The minimum Gasteiger partial charge on any atom is -0.850 e. The van der Waals surface area contributed by atoms with E-state index < -0.39 is 24.0 Å². The number of alkyl halides is 1. The van der Waals surface area contributed by atoms with Crippen molar-refractivity contribution in [2.45, 2.75) is 45.1 Å². The van der Waals surface area contributed by atoms with Crippen molar-refractivity contribution in [1.29, 1.82) is 0 Å². The molecule has 0 aliphatic carbocycles. The highest BCUT2D eigenvalue weighted by atomic mass is 19.1. The lowest BCUT2D eigenvalue weighted by atomic mass is 10.1. The van der Waals surface area contributed by atoms with Crippen molar-refractivity contribution >= 4 is 6.09 Å². The van der Waals surface area contributed by atoms with Crippen LogP contribution in [0.5, 0.6) is 0 Å². The van der Waals surface area contributed by atoms with E-state index in [-0.39, 0.29) is 19.5 Å². The molecule has 0 radical (unpaired) electrons. The first kappa shape index (κ1) is 12.2. The minimum absolute atomic E-state index is 0.150. The standard InChI is InChI=1S/C10H17FNO3/c1-10(2,3)15-9(14)12-5-4-8(13)7(11)6-12/h7-8H,4-6H2,1-3H3/q-1. The molecule has 2 atom stereocenters. The van der Waals surface area contributed by atoms with Crippen LogP contribution in [0.1, 0.15) is 27.2 Å². The zero-order valence-corrected chi connectivity index (χ0v) is 9.33. The van der Waals surface area contributed by atoms with Gasteiger partial charge < -0.3 is 14.7 Å². The van der Waals surface area contributed by atoms with E-state index in [1.165, 1.54) is 4.90 Å². The van der Waals surface area contributed by atoms with Crippen molar-refractivity contribution in [2.24, 2.45) is 0 Å². The fourth-order valence-corrected chi connectivity index (χ4v) is 1.38. The van der Waals surface area contributed by atoms with Gasteiger partial charge in [0, 0.05) is 6.54 Å². The van der Waals surface area contributed by atoms with Gasteiger partial charge in [-0.2, -0.15) is 0 Å². The molecule has 1 amide bonds. The molecule has 5 heteroatoms. The molecule has 1 heterocycles. The van der Waals surface area contributed by atoms with E-state index in [0.717, 1.165) is 0 Å². The maximum atomic E-state index is 13.1. The molecular weight excluding hydrogens is 201 g/mol. The molecule has 1 saturated heterocycles. The summed E-state index contributed by atoms with van der Waals surface area (Å²) in [6.07, 6.45) is -3.08. The van der Waals surface area contributed by atoms with E-state index in [4.69, 9.17) is 4.74 Å². The van der Waals surface area contributed by atoms with Gasteiger partial charge in [-0.05, 0) is 27.2 Å². The first-order valence-corrected chi connectivity index (χ1v) is 5.07. The fraction of sp³-hybridized carbons (Fsp3) is 0.900. The number of rotatable bonds is 0. The van der Waals surface area contributed by atoms with Gasteiger partial charge in [0.05, 0.1) is 6.54 Å². The molecule has 4 nitrogen and oxygen atoms in total. The molecule has 1 aliphatic rings. The maximum Gasteiger partial charge on any atom is 0.410 e. The molecule has 1 rings (SSSR count). The second-order valence-corrected chi connectivity index (χ2v) is 4.77. The number of hydrogen-bond donors (Lipinski definition) is 0. The number of halogens is 1. The molecule has 0 aromatic heterocycles.